The Hall–Kier alpha value is -3.49. The summed E-state index contributed by atoms with van der Waals surface area (Å²) in [7, 11) is 1.36. The Morgan fingerprint density at radius 1 is 1.10 bits per heavy atom. The number of nitrogens with one attached hydrogen (secondary N) is 3. The van der Waals surface area contributed by atoms with Crippen LogP contribution in [0, 0.1) is 17.6 Å². The molecular formula is C21H21F2N3O4. The quantitative estimate of drug-likeness (QED) is 0.614. The smallest absolute Gasteiger partial charge is 0.258 e. The van der Waals surface area contributed by atoms with E-state index in [1.165, 1.54) is 13.1 Å². The van der Waals surface area contributed by atoms with Gasteiger partial charge in [-0.15, -0.1) is 0 Å². The molecule has 0 radical (unpaired) electrons. The van der Waals surface area contributed by atoms with Crippen molar-refractivity contribution in [2.45, 2.75) is 18.9 Å². The van der Waals surface area contributed by atoms with Gasteiger partial charge in [-0.05, 0) is 42.7 Å². The second-order valence-electron chi connectivity index (χ2n) is 6.87. The van der Waals surface area contributed by atoms with E-state index in [1.54, 1.807) is 24.3 Å². The predicted molar refractivity (Wildman–Crippen MR) is 105 cm³/mol. The zero-order valence-corrected chi connectivity index (χ0v) is 16.2. The van der Waals surface area contributed by atoms with Crippen molar-refractivity contribution in [2.24, 2.45) is 5.92 Å². The van der Waals surface area contributed by atoms with E-state index >= 15 is 0 Å². The number of hydrogen-bond donors (Lipinski definition) is 3. The second kappa shape index (κ2) is 9.34. The number of hydrogen-bond acceptors (Lipinski definition) is 4. The molecule has 1 unspecified atom stereocenters. The van der Waals surface area contributed by atoms with Crippen LogP contribution in [-0.4, -0.2) is 31.4 Å². The molecule has 3 rings (SSSR count). The molecule has 1 aliphatic carbocycles. The molecule has 2 aromatic rings. The van der Waals surface area contributed by atoms with Crippen molar-refractivity contribution < 1.29 is 27.9 Å². The van der Waals surface area contributed by atoms with Crippen molar-refractivity contribution in [3.8, 4) is 5.75 Å². The lowest BCUT2D eigenvalue weighted by Crippen LogP contribution is -2.41. The van der Waals surface area contributed by atoms with E-state index in [-0.39, 0.29) is 17.4 Å². The molecule has 7 nitrogen and oxygen atoms in total. The van der Waals surface area contributed by atoms with Gasteiger partial charge in [0, 0.05) is 24.7 Å². The van der Waals surface area contributed by atoms with E-state index in [0.717, 1.165) is 25.0 Å². The lowest BCUT2D eigenvalue weighted by molar-refractivity contribution is -0.129. The van der Waals surface area contributed by atoms with Crippen molar-refractivity contribution >= 4 is 23.4 Å². The van der Waals surface area contributed by atoms with Gasteiger partial charge in [-0.1, -0.05) is 12.1 Å². The third-order valence-electron chi connectivity index (χ3n) is 4.51. The minimum Gasteiger partial charge on any atom is -0.484 e. The fraction of sp³-hybridized carbons (Fsp3) is 0.286. The highest BCUT2D eigenvalue weighted by Crippen LogP contribution is 2.30. The van der Waals surface area contributed by atoms with E-state index in [1.807, 2.05) is 0 Å². The minimum atomic E-state index is -1.22. The fourth-order valence-corrected chi connectivity index (χ4v) is 2.74. The average molecular weight is 417 g/mol. The van der Waals surface area contributed by atoms with E-state index in [0.29, 0.717) is 11.4 Å². The Morgan fingerprint density at radius 3 is 2.53 bits per heavy atom. The molecule has 1 aliphatic rings. The Balaban J connectivity index is 1.60. The zero-order valence-electron chi connectivity index (χ0n) is 16.2. The van der Waals surface area contributed by atoms with Crippen molar-refractivity contribution in [3.05, 3.63) is 59.7 Å². The molecule has 0 spiro atoms. The molecular weight excluding hydrogens is 396 g/mol. The summed E-state index contributed by atoms with van der Waals surface area (Å²) >= 11 is 0. The number of rotatable bonds is 8. The second-order valence-corrected chi connectivity index (χ2v) is 6.87. The van der Waals surface area contributed by atoms with Gasteiger partial charge in [-0.2, -0.15) is 0 Å². The number of carbonyl (C=O) groups excluding carboxylic acids is 3. The molecule has 0 aromatic heterocycles. The maximum Gasteiger partial charge on any atom is 0.258 e. The molecule has 0 bridgehead atoms. The van der Waals surface area contributed by atoms with Gasteiger partial charge >= 0.3 is 0 Å². The Bertz CT molecular complexity index is 963. The van der Waals surface area contributed by atoms with Gasteiger partial charge in [0.1, 0.15) is 11.8 Å². The summed E-state index contributed by atoms with van der Waals surface area (Å²) in [6, 6.07) is 8.30. The van der Waals surface area contributed by atoms with E-state index in [4.69, 9.17) is 4.74 Å². The van der Waals surface area contributed by atoms with Gasteiger partial charge < -0.3 is 20.7 Å². The first-order chi connectivity index (χ1) is 14.4. The topological polar surface area (TPSA) is 96.5 Å². The van der Waals surface area contributed by atoms with Crippen LogP contribution in [0.5, 0.6) is 5.75 Å². The summed E-state index contributed by atoms with van der Waals surface area (Å²) in [5, 5.41) is 7.58. The number of amides is 3. The Morgan fingerprint density at radius 2 is 1.87 bits per heavy atom. The summed E-state index contributed by atoms with van der Waals surface area (Å²) in [5.74, 6) is -3.07. The molecule has 0 heterocycles. The van der Waals surface area contributed by atoms with E-state index in [9.17, 15) is 23.2 Å². The van der Waals surface area contributed by atoms with Crippen molar-refractivity contribution in [1.29, 1.82) is 0 Å². The van der Waals surface area contributed by atoms with Crippen molar-refractivity contribution in [3.63, 3.8) is 0 Å². The maximum absolute atomic E-state index is 13.5. The van der Waals surface area contributed by atoms with Crippen LogP contribution in [0.25, 0.3) is 0 Å². The van der Waals surface area contributed by atoms with Gasteiger partial charge in [-0.25, -0.2) is 8.78 Å². The molecule has 3 amide bonds. The van der Waals surface area contributed by atoms with Crippen molar-refractivity contribution in [2.75, 3.05) is 19.0 Å². The summed E-state index contributed by atoms with van der Waals surface area (Å²) in [6.07, 6.45) is 1.76. The first kappa shape index (κ1) is 21.2. The van der Waals surface area contributed by atoms with Crippen molar-refractivity contribution in [1.82, 2.24) is 10.6 Å². The monoisotopic (exact) mass is 417 g/mol. The third kappa shape index (κ3) is 5.53. The van der Waals surface area contributed by atoms with Gasteiger partial charge in [-0.3, -0.25) is 14.4 Å². The van der Waals surface area contributed by atoms with Gasteiger partial charge in [0.05, 0.1) is 0 Å². The molecule has 1 fully saturated rings. The van der Waals surface area contributed by atoms with Gasteiger partial charge in [0.25, 0.3) is 5.91 Å². The van der Waals surface area contributed by atoms with Crippen LogP contribution < -0.4 is 20.7 Å². The molecule has 0 saturated heterocycles. The summed E-state index contributed by atoms with van der Waals surface area (Å²) in [4.78, 5) is 36.2. The normalized spacial score (nSPS) is 13.8. The first-order valence-corrected chi connectivity index (χ1v) is 9.37. The average Bonchev–Trinajstić information content (AvgIpc) is 3.58. The van der Waals surface area contributed by atoms with E-state index in [2.05, 4.69) is 16.0 Å². The molecule has 9 heteroatoms. The highest BCUT2D eigenvalue weighted by molar-refractivity contribution is 5.94. The Kier molecular flexibility index (Phi) is 6.61. The SMILES string of the molecule is CNC(=O)C(NC(=O)COc1cccc(NC(=O)C2CC2)c1)c1ccc(F)c(F)c1. The first-order valence-electron chi connectivity index (χ1n) is 9.37. The fourth-order valence-electron chi connectivity index (χ4n) is 2.74. The number of halogens is 2. The molecule has 1 atom stereocenters. The number of anilines is 1. The number of likely N-dealkylation sites (N-methyl/N-ethyl adjacent to an activating group) is 1. The lowest BCUT2D eigenvalue weighted by atomic mass is 10.1. The van der Waals surface area contributed by atoms with Crippen LogP contribution in [0.15, 0.2) is 42.5 Å². The highest BCUT2D eigenvalue weighted by atomic mass is 19.2. The van der Waals surface area contributed by atoms with Gasteiger partial charge in [0.2, 0.25) is 11.8 Å². The van der Waals surface area contributed by atoms with Crippen LogP contribution in [0.3, 0.4) is 0 Å². The largest absolute Gasteiger partial charge is 0.484 e. The number of benzene rings is 2. The Labute approximate surface area is 171 Å². The summed E-state index contributed by atoms with van der Waals surface area (Å²) < 4.78 is 32.1. The third-order valence-corrected chi connectivity index (χ3v) is 4.51. The van der Waals surface area contributed by atoms with Crippen LogP contribution >= 0.6 is 0 Å². The molecule has 1 saturated carbocycles. The maximum atomic E-state index is 13.5. The predicted octanol–water partition coefficient (Wildman–Crippen LogP) is 2.30. The van der Waals surface area contributed by atoms with Crippen LogP contribution in [0.4, 0.5) is 14.5 Å². The molecule has 3 N–H and O–H groups in total. The standard InChI is InChI=1S/C21H21F2N3O4/c1-24-21(29)19(13-7-8-16(22)17(23)9-13)26-18(27)11-30-15-4-2-3-14(10-15)25-20(28)12-5-6-12/h2-4,7-10,12,19H,5-6,11H2,1H3,(H,24,29)(H,25,28)(H,26,27). The summed E-state index contributed by atoms with van der Waals surface area (Å²) in [6.45, 7) is -0.419. The zero-order chi connectivity index (χ0) is 21.7. The highest BCUT2D eigenvalue weighted by Gasteiger charge is 2.29. The molecule has 158 valence electrons. The number of carbonyl (C=O) groups is 3. The molecule has 0 aliphatic heterocycles. The van der Waals surface area contributed by atoms with Crippen LogP contribution in [0.2, 0.25) is 0 Å². The number of ether oxygens (including phenoxy) is 1. The lowest BCUT2D eigenvalue weighted by Gasteiger charge is -2.18. The molecule has 30 heavy (non-hydrogen) atoms. The van der Waals surface area contributed by atoms with Gasteiger partial charge in [0.15, 0.2) is 18.2 Å². The summed E-state index contributed by atoms with van der Waals surface area (Å²) in [5.41, 5.74) is 0.640. The minimum absolute atomic E-state index is 0.0511. The molecule has 2 aromatic carbocycles. The van der Waals surface area contributed by atoms with Crippen LogP contribution in [-0.2, 0) is 14.4 Å². The van der Waals surface area contributed by atoms with E-state index < -0.39 is 36.1 Å². The van der Waals surface area contributed by atoms with Crippen LogP contribution in [0.1, 0.15) is 24.4 Å².